The van der Waals surface area contributed by atoms with Crippen molar-refractivity contribution >= 4 is 17.5 Å². The Hall–Kier alpha value is -2.74. The second-order valence-corrected chi connectivity index (χ2v) is 7.67. The number of hydrazine groups is 1. The van der Waals surface area contributed by atoms with E-state index in [1.165, 1.54) is 5.56 Å². The summed E-state index contributed by atoms with van der Waals surface area (Å²) >= 11 is 6.20. The Morgan fingerprint density at radius 1 is 1.17 bits per heavy atom. The number of aromatic nitrogens is 3. The van der Waals surface area contributed by atoms with Gasteiger partial charge in [0, 0.05) is 30.7 Å². The van der Waals surface area contributed by atoms with Gasteiger partial charge in [-0.25, -0.2) is 10.1 Å². The summed E-state index contributed by atoms with van der Waals surface area (Å²) in [6.45, 7) is 1.04. The monoisotopic (exact) mass is 410 g/mol. The Bertz CT molecular complexity index is 976. The van der Waals surface area contributed by atoms with Crippen LogP contribution in [0.15, 0.2) is 60.8 Å². The molecule has 2 N–H and O–H groups in total. The lowest BCUT2D eigenvalue weighted by Gasteiger charge is -2.19. The van der Waals surface area contributed by atoms with E-state index in [4.69, 9.17) is 11.6 Å². The van der Waals surface area contributed by atoms with Gasteiger partial charge in [-0.2, -0.15) is 0 Å². The van der Waals surface area contributed by atoms with E-state index in [9.17, 15) is 4.79 Å². The molecule has 3 aromatic rings. The predicted molar refractivity (Wildman–Crippen MR) is 111 cm³/mol. The van der Waals surface area contributed by atoms with E-state index in [0.717, 1.165) is 12.0 Å². The molecule has 1 aliphatic rings. The zero-order valence-electron chi connectivity index (χ0n) is 16.1. The molecule has 2 atom stereocenters. The molecule has 0 bridgehead atoms. The number of hydrogen-bond acceptors (Lipinski definition) is 5. The van der Waals surface area contributed by atoms with Crippen LogP contribution in [0.4, 0.5) is 0 Å². The van der Waals surface area contributed by atoms with Crippen molar-refractivity contribution in [2.24, 2.45) is 0 Å². The fourth-order valence-electron chi connectivity index (χ4n) is 3.53. The van der Waals surface area contributed by atoms with Gasteiger partial charge in [-0.3, -0.25) is 10.2 Å². The van der Waals surface area contributed by atoms with Gasteiger partial charge in [-0.15, -0.1) is 5.10 Å². The normalized spacial score (nSPS) is 18.7. The summed E-state index contributed by atoms with van der Waals surface area (Å²) in [4.78, 5) is 14.4. The summed E-state index contributed by atoms with van der Waals surface area (Å²) in [5.74, 6) is -0.152. The third-order valence-corrected chi connectivity index (χ3v) is 5.44. The molecule has 8 heteroatoms. The fourth-order valence-corrected chi connectivity index (χ4v) is 3.73. The van der Waals surface area contributed by atoms with Gasteiger partial charge >= 0.3 is 0 Å². The molecule has 2 unspecified atom stereocenters. The van der Waals surface area contributed by atoms with Crippen molar-refractivity contribution < 1.29 is 4.79 Å². The minimum Gasteiger partial charge on any atom is -0.339 e. The lowest BCUT2D eigenvalue weighted by molar-refractivity contribution is 0.0777. The van der Waals surface area contributed by atoms with Crippen molar-refractivity contribution in [1.29, 1.82) is 0 Å². The molecule has 1 fully saturated rings. The second kappa shape index (κ2) is 8.73. The Morgan fingerprint density at radius 2 is 1.93 bits per heavy atom. The molecule has 2 heterocycles. The first-order chi connectivity index (χ1) is 14.1. The molecule has 0 aliphatic carbocycles. The largest absolute Gasteiger partial charge is 0.339 e. The number of rotatable bonds is 6. The Morgan fingerprint density at radius 3 is 2.72 bits per heavy atom. The maximum atomic E-state index is 12.8. The van der Waals surface area contributed by atoms with Crippen molar-refractivity contribution in [3.8, 4) is 0 Å². The highest BCUT2D eigenvalue weighted by molar-refractivity contribution is 6.31. The van der Waals surface area contributed by atoms with Crippen LogP contribution in [0, 0.1) is 0 Å². The molecule has 0 spiro atoms. The van der Waals surface area contributed by atoms with Gasteiger partial charge in [0.05, 0.1) is 12.7 Å². The van der Waals surface area contributed by atoms with Gasteiger partial charge in [0.2, 0.25) is 0 Å². The number of halogens is 1. The van der Waals surface area contributed by atoms with Crippen molar-refractivity contribution in [2.45, 2.75) is 25.0 Å². The van der Waals surface area contributed by atoms with Crippen LogP contribution in [-0.2, 0) is 6.54 Å². The molecule has 150 valence electrons. The van der Waals surface area contributed by atoms with Gasteiger partial charge in [-0.1, -0.05) is 65.3 Å². The molecule has 1 saturated heterocycles. The van der Waals surface area contributed by atoms with Crippen LogP contribution in [-0.4, -0.2) is 45.4 Å². The number of amides is 1. The van der Waals surface area contributed by atoms with Crippen LogP contribution in [0.5, 0.6) is 0 Å². The number of carbonyl (C=O) groups excluding carboxylic acids is 1. The smallest absolute Gasteiger partial charge is 0.275 e. The summed E-state index contributed by atoms with van der Waals surface area (Å²) in [5, 5.41) is 8.78. The first-order valence-corrected chi connectivity index (χ1v) is 9.93. The van der Waals surface area contributed by atoms with Gasteiger partial charge in [0.25, 0.3) is 5.91 Å². The zero-order chi connectivity index (χ0) is 20.2. The average molecular weight is 411 g/mol. The minimum atomic E-state index is -0.152. The summed E-state index contributed by atoms with van der Waals surface area (Å²) < 4.78 is 1.63. The number of carbonyl (C=O) groups is 1. The Kier molecular flexibility index (Phi) is 5.89. The summed E-state index contributed by atoms with van der Waals surface area (Å²) in [5.41, 5.74) is 9.09. The molecule has 0 saturated carbocycles. The number of likely N-dealkylation sites (N-methyl/N-ethyl adjacent to an activating group) is 1. The molecule has 2 aromatic carbocycles. The molecule has 1 amide bonds. The first kappa shape index (κ1) is 19.6. The highest BCUT2D eigenvalue weighted by Gasteiger charge is 2.27. The summed E-state index contributed by atoms with van der Waals surface area (Å²) in [6, 6.07) is 18.2. The van der Waals surface area contributed by atoms with E-state index in [-0.39, 0.29) is 18.0 Å². The van der Waals surface area contributed by atoms with Crippen LogP contribution >= 0.6 is 11.6 Å². The summed E-state index contributed by atoms with van der Waals surface area (Å²) in [7, 11) is 1.78. The van der Waals surface area contributed by atoms with E-state index < -0.39 is 0 Å². The molecule has 4 rings (SSSR count). The topological polar surface area (TPSA) is 75.1 Å². The van der Waals surface area contributed by atoms with E-state index in [2.05, 4.69) is 33.3 Å². The maximum absolute atomic E-state index is 12.8. The average Bonchev–Trinajstić information content (AvgIpc) is 3.40. The maximum Gasteiger partial charge on any atom is 0.275 e. The summed E-state index contributed by atoms with van der Waals surface area (Å²) in [6.07, 6.45) is 2.57. The van der Waals surface area contributed by atoms with Crippen molar-refractivity contribution in [1.82, 2.24) is 30.7 Å². The molecular weight excluding hydrogens is 388 g/mol. The Balaban J connectivity index is 1.34. The minimum absolute atomic E-state index is 0.152. The molecule has 1 aliphatic heterocycles. The number of nitrogens with zero attached hydrogens (tertiary/aromatic N) is 4. The van der Waals surface area contributed by atoms with Crippen LogP contribution in [0.3, 0.4) is 0 Å². The highest BCUT2D eigenvalue weighted by Crippen LogP contribution is 2.22. The number of hydrogen-bond donors (Lipinski definition) is 2. The zero-order valence-corrected chi connectivity index (χ0v) is 16.9. The first-order valence-electron chi connectivity index (χ1n) is 9.55. The second-order valence-electron chi connectivity index (χ2n) is 7.26. The van der Waals surface area contributed by atoms with Crippen LogP contribution in [0.1, 0.15) is 34.1 Å². The standard InChI is InChI=1S/C21H23ClN6O/c1-27(13-17-11-19(24-23-17)15-7-3-2-4-8-15)21(29)20-14-28(26-25-20)12-16-9-5-6-10-18(16)22/h2-10,14,17,19,23-24H,11-13H2,1H3. The third-order valence-electron chi connectivity index (χ3n) is 5.07. The van der Waals surface area contributed by atoms with Crippen molar-refractivity contribution in [2.75, 3.05) is 13.6 Å². The fraction of sp³-hybridized carbons (Fsp3) is 0.286. The lowest BCUT2D eigenvalue weighted by Crippen LogP contribution is -2.41. The SMILES string of the molecule is CN(CC1CC(c2ccccc2)NN1)C(=O)c1cn(Cc2ccccc2Cl)nn1. The highest BCUT2D eigenvalue weighted by atomic mass is 35.5. The van der Waals surface area contributed by atoms with Gasteiger partial charge < -0.3 is 4.90 Å². The van der Waals surface area contributed by atoms with Crippen LogP contribution < -0.4 is 10.9 Å². The number of nitrogens with one attached hydrogen (secondary N) is 2. The lowest BCUT2D eigenvalue weighted by atomic mass is 10.0. The predicted octanol–water partition coefficient (Wildman–Crippen LogP) is 2.66. The van der Waals surface area contributed by atoms with E-state index >= 15 is 0 Å². The van der Waals surface area contributed by atoms with Gasteiger partial charge in [0.15, 0.2) is 5.69 Å². The molecule has 1 aromatic heterocycles. The Labute approximate surface area is 174 Å². The van der Waals surface area contributed by atoms with E-state index in [1.807, 2.05) is 42.5 Å². The quantitative estimate of drug-likeness (QED) is 0.653. The van der Waals surface area contributed by atoms with Gasteiger partial charge in [-0.05, 0) is 23.6 Å². The molecule has 0 radical (unpaired) electrons. The van der Waals surface area contributed by atoms with Crippen LogP contribution in [0.2, 0.25) is 5.02 Å². The van der Waals surface area contributed by atoms with E-state index in [0.29, 0.717) is 23.8 Å². The third kappa shape index (κ3) is 4.64. The van der Waals surface area contributed by atoms with Gasteiger partial charge in [0.1, 0.15) is 0 Å². The van der Waals surface area contributed by atoms with E-state index in [1.54, 1.807) is 22.8 Å². The molecule has 7 nitrogen and oxygen atoms in total. The number of benzene rings is 2. The molecule has 29 heavy (non-hydrogen) atoms. The van der Waals surface area contributed by atoms with Crippen molar-refractivity contribution in [3.63, 3.8) is 0 Å². The van der Waals surface area contributed by atoms with Crippen molar-refractivity contribution in [3.05, 3.63) is 82.6 Å². The van der Waals surface area contributed by atoms with Crippen LogP contribution in [0.25, 0.3) is 0 Å². The molecular formula is C21H23ClN6O.